The molecule has 0 fully saturated rings. The molecule has 0 spiro atoms. The third kappa shape index (κ3) is 3.30. The Morgan fingerprint density at radius 1 is 1.20 bits per heavy atom. The first-order valence-corrected chi connectivity index (χ1v) is 6.68. The molecule has 2 aromatic carbocycles. The van der Waals surface area contributed by atoms with Crippen LogP contribution in [0.5, 0.6) is 0 Å². The van der Waals surface area contributed by atoms with Gasteiger partial charge in [-0.2, -0.15) is 0 Å². The summed E-state index contributed by atoms with van der Waals surface area (Å²) in [4.78, 5) is 13.6. The minimum atomic E-state index is -0.625. The van der Waals surface area contributed by atoms with Crippen LogP contribution in [0, 0.1) is 5.82 Å². The summed E-state index contributed by atoms with van der Waals surface area (Å²) in [6.45, 7) is 0.323. The van der Waals surface area contributed by atoms with Gasteiger partial charge in [-0.25, -0.2) is 4.39 Å². The molecule has 5 heteroatoms. The Balaban J connectivity index is 2.21. The van der Waals surface area contributed by atoms with Gasteiger partial charge < -0.3 is 4.90 Å². The highest BCUT2D eigenvalue weighted by molar-refractivity contribution is 6.33. The zero-order chi connectivity index (χ0) is 14.7. The van der Waals surface area contributed by atoms with Crippen LogP contribution in [0.3, 0.4) is 0 Å². The summed E-state index contributed by atoms with van der Waals surface area (Å²) < 4.78 is 13.7. The van der Waals surface area contributed by atoms with E-state index in [1.165, 1.54) is 23.1 Å². The number of hydrogen-bond acceptors (Lipinski definition) is 1. The van der Waals surface area contributed by atoms with Crippen molar-refractivity contribution in [2.24, 2.45) is 0 Å². The molecular formula is C15H12Cl2FNO. The Labute approximate surface area is 126 Å². The van der Waals surface area contributed by atoms with Crippen molar-refractivity contribution in [3.63, 3.8) is 0 Å². The van der Waals surface area contributed by atoms with Crippen molar-refractivity contribution in [3.05, 3.63) is 69.5 Å². The zero-order valence-corrected chi connectivity index (χ0v) is 12.2. The van der Waals surface area contributed by atoms with Gasteiger partial charge in [0.15, 0.2) is 0 Å². The fraction of sp³-hybridized carbons (Fsp3) is 0.133. The van der Waals surface area contributed by atoms with Gasteiger partial charge in [0.25, 0.3) is 5.91 Å². The number of carbonyl (C=O) groups is 1. The second kappa shape index (κ2) is 6.25. The van der Waals surface area contributed by atoms with Crippen LogP contribution < -0.4 is 0 Å². The van der Waals surface area contributed by atoms with Gasteiger partial charge in [0.2, 0.25) is 0 Å². The minimum Gasteiger partial charge on any atom is -0.337 e. The predicted molar refractivity (Wildman–Crippen MR) is 78.7 cm³/mol. The molecule has 0 aliphatic heterocycles. The zero-order valence-electron chi connectivity index (χ0n) is 10.7. The van der Waals surface area contributed by atoms with Crippen LogP contribution in [-0.4, -0.2) is 17.9 Å². The number of carbonyl (C=O) groups excluding carboxylic acids is 1. The fourth-order valence-corrected chi connectivity index (χ4v) is 2.33. The number of halogens is 3. The highest BCUT2D eigenvalue weighted by Gasteiger charge is 2.19. The first kappa shape index (κ1) is 14.8. The van der Waals surface area contributed by atoms with Crippen molar-refractivity contribution >= 4 is 29.1 Å². The van der Waals surface area contributed by atoms with Crippen molar-refractivity contribution in [2.75, 3.05) is 7.05 Å². The Morgan fingerprint density at radius 3 is 2.55 bits per heavy atom. The van der Waals surface area contributed by atoms with E-state index in [9.17, 15) is 9.18 Å². The molecule has 0 bridgehead atoms. The fourth-order valence-electron chi connectivity index (χ4n) is 1.87. The van der Waals surface area contributed by atoms with Crippen LogP contribution in [0.15, 0.2) is 42.5 Å². The molecule has 1 amide bonds. The Hall–Kier alpha value is -1.58. The van der Waals surface area contributed by atoms with Crippen LogP contribution in [0.1, 0.15) is 15.9 Å². The Morgan fingerprint density at radius 2 is 1.90 bits per heavy atom. The molecule has 0 atom stereocenters. The van der Waals surface area contributed by atoms with Gasteiger partial charge in [0.05, 0.1) is 10.6 Å². The smallest absolute Gasteiger partial charge is 0.258 e. The molecule has 2 rings (SSSR count). The van der Waals surface area contributed by atoms with Crippen LogP contribution in [0.2, 0.25) is 10.0 Å². The second-order valence-corrected chi connectivity index (χ2v) is 5.23. The lowest BCUT2D eigenvalue weighted by Crippen LogP contribution is -2.27. The average molecular weight is 312 g/mol. The molecular weight excluding hydrogens is 300 g/mol. The number of benzene rings is 2. The lowest BCUT2D eigenvalue weighted by atomic mass is 10.1. The maximum absolute atomic E-state index is 13.7. The van der Waals surface area contributed by atoms with Gasteiger partial charge in [0, 0.05) is 18.6 Å². The molecule has 2 aromatic rings. The van der Waals surface area contributed by atoms with E-state index in [-0.39, 0.29) is 10.6 Å². The van der Waals surface area contributed by atoms with Crippen molar-refractivity contribution in [2.45, 2.75) is 6.54 Å². The van der Waals surface area contributed by atoms with Crippen LogP contribution >= 0.6 is 23.2 Å². The predicted octanol–water partition coefficient (Wildman–Crippen LogP) is 4.40. The van der Waals surface area contributed by atoms with Crippen molar-refractivity contribution in [1.82, 2.24) is 4.90 Å². The molecule has 0 radical (unpaired) electrons. The van der Waals surface area contributed by atoms with E-state index in [4.69, 9.17) is 23.2 Å². The molecule has 0 aliphatic carbocycles. The molecule has 0 heterocycles. The van der Waals surface area contributed by atoms with Gasteiger partial charge in [0.1, 0.15) is 5.82 Å². The third-order valence-electron chi connectivity index (χ3n) is 2.83. The van der Waals surface area contributed by atoms with Gasteiger partial charge in [-0.3, -0.25) is 4.79 Å². The van der Waals surface area contributed by atoms with Gasteiger partial charge in [-0.1, -0.05) is 41.4 Å². The van der Waals surface area contributed by atoms with Crippen molar-refractivity contribution < 1.29 is 9.18 Å². The first-order chi connectivity index (χ1) is 9.49. The Kier molecular flexibility index (Phi) is 4.63. The van der Waals surface area contributed by atoms with E-state index in [2.05, 4.69) is 0 Å². The normalized spacial score (nSPS) is 10.4. The molecule has 0 unspecified atom stereocenters. The van der Waals surface area contributed by atoms with Gasteiger partial charge in [-0.15, -0.1) is 0 Å². The maximum atomic E-state index is 13.7. The summed E-state index contributed by atoms with van der Waals surface area (Å²) >= 11 is 11.8. The Bertz CT molecular complexity index is 625. The van der Waals surface area contributed by atoms with Crippen molar-refractivity contribution in [1.29, 1.82) is 0 Å². The van der Waals surface area contributed by atoms with E-state index in [0.29, 0.717) is 11.6 Å². The number of nitrogens with zero attached hydrogens (tertiary/aromatic N) is 1. The molecule has 0 N–H and O–H groups in total. The van der Waals surface area contributed by atoms with Crippen LogP contribution in [0.4, 0.5) is 4.39 Å². The van der Waals surface area contributed by atoms with E-state index in [1.54, 1.807) is 25.2 Å². The molecule has 0 aromatic heterocycles. The second-order valence-electron chi connectivity index (χ2n) is 4.39. The lowest BCUT2D eigenvalue weighted by Gasteiger charge is -2.18. The summed E-state index contributed by atoms with van der Waals surface area (Å²) in [6.07, 6.45) is 0. The number of hydrogen-bond donors (Lipinski definition) is 0. The van der Waals surface area contributed by atoms with Gasteiger partial charge >= 0.3 is 0 Å². The number of rotatable bonds is 3. The molecule has 20 heavy (non-hydrogen) atoms. The highest BCUT2D eigenvalue weighted by Crippen LogP contribution is 2.21. The topological polar surface area (TPSA) is 20.3 Å². The standard InChI is InChI=1S/C15H12Cl2FNO/c1-19(9-10-4-2-5-11(16)8-10)15(20)14-12(17)6-3-7-13(14)18/h2-8H,9H2,1H3. The summed E-state index contributed by atoms with van der Waals surface area (Å²) in [5.41, 5.74) is 0.750. The molecule has 0 saturated heterocycles. The minimum absolute atomic E-state index is 0.105. The SMILES string of the molecule is CN(Cc1cccc(Cl)c1)C(=O)c1c(F)cccc1Cl. The number of amides is 1. The van der Waals surface area contributed by atoms with Gasteiger partial charge in [-0.05, 0) is 29.8 Å². The quantitative estimate of drug-likeness (QED) is 0.822. The van der Waals surface area contributed by atoms with E-state index < -0.39 is 11.7 Å². The van der Waals surface area contributed by atoms with Crippen LogP contribution in [-0.2, 0) is 6.54 Å². The molecule has 104 valence electrons. The first-order valence-electron chi connectivity index (χ1n) is 5.93. The monoisotopic (exact) mass is 311 g/mol. The summed E-state index contributed by atoms with van der Waals surface area (Å²) in [6, 6.07) is 11.3. The largest absolute Gasteiger partial charge is 0.337 e. The average Bonchev–Trinajstić information content (AvgIpc) is 2.38. The summed E-state index contributed by atoms with van der Waals surface area (Å²) in [5, 5.41) is 0.695. The van der Waals surface area contributed by atoms with Crippen LogP contribution in [0.25, 0.3) is 0 Å². The molecule has 0 saturated carbocycles. The van der Waals surface area contributed by atoms with E-state index in [1.807, 2.05) is 6.07 Å². The van der Waals surface area contributed by atoms with E-state index >= 15 is 0 Å². The summed E-state index contributed by atoms with van der Waals surface area (Å²) in [5.74, 6) is -1.09. The summed E-state index contributed by atoms with van der Waals surface area (Å²) in [7, 11) is 1.59. The van der Waals surface area contributed by atoms with E-state index in [0.717, 1.165) is 5.56 Å². The highest BCUT2D eigenvalue weighted by atomic mass is 35.5. The maximum Gasteiger partial charge on any atom is 0.258 e. The molecule has 2 nitrogen and oxygen atoms in total. The van der Waals surface area contributed by atoms with Crippen molar-refractivity contribution in [3.8, 4) is 0 Å². The molecule has 0 aliphatic rings. The third-order valence-corrected chi connectivity index (χ3v) is 3.38. The lowest BCUT2D eigenvalue weighted by molar-refractivity contribution is 0.0780.